The third-order valence-electron chi connectivity index (χ3n) is 2.73. The number of benzene rings is 1. The van der Waals surface area contributed by atoms with Crippen molar-refractivity contribution in [1.29, 1.82) is 0 Å². The molecule has 2 aromatic rings. The maximum absolute atomic E-state index is 11.4. The number of amides is 1. The molecule has 8 heteroatoms. The summed E-state index contributed by atoms with van der Waals surface area (Å²) in [7, 11) is 0. The van der Waals surface area contributed by atoms with Crippen LogP contribution in [0.5, 0.6) is 0 Å². The van der Waals surface area contributed by atoms with Gasteiger partial charge in [0.05, 0.1) is 6.42 Å². The van der Waals surface area contributed by atoms with Crippen LogP contribution < -0.4 is 22.7 Å². The van der Waals surface area contributed by atoms with Crippen LogP contribution in [0.1, 0.15) is 11.1 Å². The third kappa shape index (κ3) is 4.33. The van der Waals surface area contributed by atoms with Crippen molar-refractivity contribution in [3.05, 3.63) is 41.5 Å². The number of hydrogen-bond acceptors (Lipinski definition) is 7. The highest BCUT2D eigenvalue weighted by atomic mass is 32.2. The average Bonchev–Trinajstić information content (AvgIpc) is 2.45. The van der Waals surface area contributed by atoms with Gasteiger partial charge in [-0.2, -0.15) is 0 Å². The normalized spacial score (nSPS) is 10.3. The van der Waals surface area contributed by atoms with E-state index in [0.29, 0.717) is 22.5 Å². The van der Waals surface area contributed by atoms with Crippen molar-refractivity contribution < 1.29 is 4.79 Å². The molecule has 0 unspecified atom stereocenters. The Kier molecular flexibility index (Phi) is 4.96. The number of anilines is 2. The fourth-order valence-electron chi connectivity index (χ4n) is 1.76. The van der Waals surface area contributed by atoms with Crippen LogP contribution in [0.3, 0.4) is 0 Å². The molecule has 110 valence electrons. The van der Waals surface area contributed by atoms with E-state index in [2.05, 4.69) is 15.4 Å². The fraction of sp³-hybridized carbons (Fsp3) is 0.154. The summed E-state index contributed by atoms with van der Waals surface area (Å²) in [6.07, 6.45) is 0.229. The molecule has 1 aromatic heterocycles. The first-order valence-electron chi connectivity index (χ1n) is 6.17. The molecule has 1 amide bonds. The van der Waals surface area contributed by atoms with Crippen LogP contribution in [0.4, 0.5) is 11.6 Å². The van der Waals surface area contributed by atoms with Crippen LogP contribution in [0.2, 0.25) is 0 Å². The van der Waals surface area contributed by atoms with E-state index in [9.17, 15) is 4.79 Å². The number of carbonyl (C=O) groups is 1. The largest absolute Gasteiger partial charge is 0.383 e. The van der Waals surface area contributed by atoms with Crippen molar-refractivity contribution in [2.75, 3.05) is 11.5 Å². The maximum Gasteiger partial charge on any atom is 0.238 e. The van der Waals surface area contributed by atoms with Gasteiger partial charge >= 0.3 is 0 Å². The highest BCUT2D eigenvalue weighted by Gasteiger charge is 2.08. The Balaban J connectivity index is 2.10. The molecule has 7 nitrogen and oxygen atoms in total. The predicted molar refractivity (Wildman–Crippen MR) is 82.9 cm³/mol. The summed E-state index contributed by atoms with van der Waals surface area (Å²) in [6.45, 7) is 0. The number of nitrogen functional groups attached to an aromatic ring is 2. The number of carbonyl (C=O) groups excluding carboxylic acids is 1. The van der Waals surface area contributed by atoms with E-state index in [4.69, 9.17) is 17.3 Å². The minimum absolute atomic E-state index is 0.229. The lowest BCUT2D eigenvalue weighted by Gasteiger charge is -2.08. The Morgan fingerprint density at radius 3 is 2.38 bits per heavy atom. The van der Waals surface area contributed by atoms with Crippen LogP contribution in [-0.2, 0) is 17.0 Å². The zero-order chi connectivity index (χ0) is 15.2. The minimum atomic E-state index is -0.239. The molecule has 0 saturated heterocycles. The smallest absolute Gasteiger partial charge is 0.238 e. The number of rotatable bonds is 5. The monoisotopic (exact) mass is 304 g/mol. The van der Waals surface area contributed by atoms with Gasteiger partial charge in [-0.15, -0.1) is 0 Å². The van der Waals surface area contributed by atoms with Gasteiger partial charge in [0.15, 0.2) is 5.16 Å². The summed E-state index contributed by atoms with van der Waals surface area (Å²) in [5.41, 5.74) is 15.3. The SMILES string of the molecule is NNC(=O)Cc1ccccc1CSc1nc(N)cc(N)n1. The van der Waals surface area contributed by atoms with E-state index >= 15 is 0 Å². The molecule has 0 bridgehead atoms. The van der Waals surface area contributed by atoms with Gasteiger partial charge in [-0.05, 0) is 11.1 Å². The van der Waals surface area contributed by atoms with Crippen LogP contribution in [0.25, 0.3) is 0 Å². The summed E-state index contributed by atoms with van der Waals surface area (Å²) < 4.78 is 0. The van der Waals surface area contributed by atoms with E-state index < -0.39 is 0 Å². The molecule has 7 N–H and O–H groups in total. The number of nitrogens with zero attached hydrogens (tertiary/aromatic N) is 2. The van der Waals surface area contributed by atoms with Crippen molar-refractivity contribution >= 4 is 29.3 Å². The molecule has 0 aliphatic rings. The van der Waals surface area contributed by atoms with Crippen LogP contribution >= 0.6 is 11.8 Å². The first-order chi connectivity index (χ1) is 10.1. The predicted octanol–water partition coefficient (Wildman–Crippen LogP) is 0.466. The molecular formula is C13H16N6OS. The second-order valence-corrected chi connectivity index (χ2v) is 5.24. The summed E-state index contributed by atoms with van der Waals surface area (Å²) in [6, 6.07) is 9.13. The second kappa shape index (κ2) is 6.91. The van der Waals surface area contributed by atoms with Crippen molar-refractivity contribution in [3.8, 4) is 0 Å². The Labute approximate surface area is 126 Å². The molecule has 21 heavy (non-hydrogen) atoms. The maximum atomic E-state index is 11.4. The topological polar surface area (TPSA) is 133 Å². The van der Waals surface area contributed by atoms with Gasteiger partial charge in [0.25, 0.3) is 0 Å². The Hall–Kier alpha value is -2.32. The lowest BCUT2D eigenvalue weighted by atomic mass is 10.1. The Morgan fingerprint density at radius 1 is 1.14 bits per heavy atom. The first-order valence-corrected chi connectivity index (χ1v) is 7.16. The Bertz CT molecular complexity index is 628. The lowest BCUT2D eigenvalue weighted by Crippen LogP contribution is -2.31. The number of aromatic nitrogens is 2. The van der Waals surface area contributed by atoms with Crippen LogP contribution in [0, 0.1) is 0 Å². The Morgan fingerprint density at radius 2 is 1.76 bits per heavy atom. The number of hydrogen-bond donors (Lipinski definition) is 4. The molecular weight excluding hydrogens is 288 g/mol. The van der Waals surface area contributed by atoms with E-state index in [1.807, 2.05) is 24.3 Å². The average molecular weight is 304 g/mol. The molecule has 1 heterocycles. The zero-order valence-corrected chi connectivity index (χ0v) is 12.1. The van der Waals surface area contributed by atoms with E-state index in [1.54, 1.807) is 0 Å². The molecule has 0 atom stereocenters. The van der Waals surface area contributed by atoms with Crippen LogP contribution in [-0.4, -0.2) is 15.9 Å². The van der Waals surface area contributed by atoms with Crippen LogP contribution in [0.15, 0.2) is 35.5 Å². The molecule has 2 rings (SSSR count). The summed E-state index contributed by atoms with van der Waals surface area (Å²) in [4.78, 5) is 19.6. The first kappa shape index (κ1) is 15.1. The van der Waals surface area contributed by atoms with E-state index in [0.717, 1.165) is 11.1 Å². The highest BCUT2D eigenvalue weighted by molar-refractivity contribution is 7.98. The molecule has 0 fully saturated rings. The number of hydrazine groups is 1. The van der Waals surface area contributed by atoms with Gasteiger partial charge in [0.2, 0.25) is 5.91 Å². The molecule has 0 aliphatic carbocycles. The van der Waals surface area contributed by atoms with Gasteiger partial charge in [-0.3, -0.25) is 10.2 Å². The van der Waals surface area contributed by atoms with Gasteiger partial charge in [-0.1, -0.05) is 36.0 Å². The summed E-state index contributed by atoms with van der Waals surface area (Å²) in [5, 5.41) is 0.505. The lowest BCUT2D eigenvalue weighted by molar-refractivity contribution is -0.120. The number of thioether (sulfide) groups is 1. The second-order valence-electron chi connectivity index (χ2n) is 4.30. The van der Waals surface area contributed by atoms with Gasteiger partial charge in [0.1, 0.15) is 11.6 Å². The van der Waals surface area contributed by atoms with E-state index in [-0.39, 0.29) is 12.3 Å². The quantitative estimate of drug-likeness (QED) is 0.207. The van der Waals surface area contributed by atoms with Gasteiger partial charge in [0, 0.05) is 11.8 Å². The number of nitrogens with two attached hydrogens (primary N) is 3. The standard InChI is InChI=1S/C13H16N6OS/c14-10-6-11(15)18-13(17-10)21-7-9-4-2-1-3-8(9)5-12(20)19-16/h1-4,6H,5,7,16H2,(H,19,20)(H4,14,15,17,18). The number of nitrogens with one attached hydrogen (secondary N) is 1. The van der Waals surface area contributed by atoms with Gasteiger partial charge in [-0.25, -0.2) is 15.8 Å². The summed E-state index contributed by atoms with van der Waals surface area (Å²) in [5.74, 6) is 6.15. The fourth-order valence-corrected chi connectivity index (χ4v) is 2.67. The van der Waals surface area contributed by atoms with Crippen molar-refractivity contribution in [1.82, 2.24) is 15.4 Å². The molecule has 0 spiro atoms. The van der Waals surface area contributed by atoms with E-state index in [1.165, 1.54) is 17.8 Å². The molecule has 1 aromatic carbocycles. The minimum Gasteiger partial charge on any atom is -0.383 e. The van der Waals surface area contributed by atoms with Gasteiger partial charge < -0.3 is 11.5 Å². The zero-order valence-electron chi connectivity index (χ0n) is 11.2. The summed E-state index contributed by atoms with van der Waals surface area (Å²) >= 11 is 1.41. The third-order valence-corrected chi connectivity index (χ3v) is 3.63. The molecule has 0 saturated carbocycles. The molecule has 0 radical (unpaired) electrons. The molecule has 0 aliphatic heterocycles. The van der Waals surface area contributed by atoms with Crippen molar-refractivity contribution in [2.45, 2.75) is 17.3 Å². The van der Waals surface area contributed by atoms with Crippen molar-refractivity contribution in [3.63, 3.8) is 0 Å². The van der Waals surface area contributed by atoms with Crippen molar-refractivity contribution in [2.24, 2.45) is 5.84 Å². The highest BCUT2D eigenvalue weighted by Crippen LogP contribution is 2.23.